The molecule has 0 saturated heterocycles. The molecule has 0 amide bonds. The summed E-state index contributed by atoms with van der Waals surface area (Å²) in [6.45, 7) is 0. The van der Waals surface area contributed by atoms with E-state index in [4.69, 9.17) is 5.26 Å². The summed E-state index contributed by atoms with van der Waals surface area (Å²) in [5.74, 6) is 0. The number of rotatable bonds is 3. The zero-order chi connectivity index (χ0) is 13.2. The van der Waals surface area contributed by atoms with Crippen LogP contribution in [0.4, 0.5) is 5.69 Å². The van der Waals surface area contributed by atoms with Crippen LogP contribution < -0.4 is 4.72 Å². The molecule has 92 valence electrons. The van der Waals surface area contributed by atoms with Crippen molar-refractivity contribution in [3.8, 4) is 6.07 Å². The SMILES string of the molecule is N#Cc1ccc(NS(=O)(=O)c2cnc[nH]2)c(Br)c1. The van der Waals surface area contributed by atoms with Crippen LogP contribution in [0.5, 0.6) is 0 Å². The molecule has 2 rings (SSSR count). The Balaban J connectivity index is 2.33. The maximum atomic E-state index is 11.9. The monoisotopic (exact) mass is 326 g/mol. The fourth-order valence-electron chi connectivity index (χ4n) is 1.26. The number of H-pyrrole nitrogens is 1. The van der Waals surface area contributed by atoms with Crippen molar-refractivity contribution in [2.75, 3.05) is 4.72 Å². The van der Waals surface area contributed by atoms with Crippen LogP contribution in [0, 0.1) is 11.3 Å². The van der Waals surface area contributed by atoms with Crippen molar-refractivity contribution in [2.24, 2.45) is 0 Å². The third-order valence-electron chi connectivity index (χ3n) is 2.11. The Labute approximate surface area is 112 Å². The number of nitriles is 1. The van der Waals surface area contributed by atoms with Gasteiger partial charge in [0, 0.05) is 4.47 Å². The minimum absolute atomic E-state index is 0.0289. The van der Waals surface area contributed by atoms with Crippen LogP contribution in [0.15, 0.2) is 40.2 Å². The molecule has 0 fully saturated rings. The quantitative estimate of drug-likeness (QED) is 0.898. The number of benzene rings is 1. The predicted molar refractivity (Wildman–Crippen MR) is 68.3 cm³/mol. The van der Waals surface area contributed by atoms with E-state index < -0.39 is 10.0 Å². The molecule has 8 heteroatoms. The van der Waals surface area contributed by atoms with Crippen molar-refractivity contribution in [1.82, 2.24) is 9.97 Å². The van der Waals surface area contributed by atoms with E-state index in [1.165, 1.54) is 30.7 Å². The number of sulfonamides is 1. The van der Waals surface area contributed by atoms with E-state index in [0.29, 0.717) is 15.7 Å². The Bertz CT molecular complexity index is 704. The van der Waals surface area contributed by atoms with Crippen LogP contribution in [0.1, 0.15) is 5.56 Å². The van der Waals surface area contributed by atoms with Gasteiger partial charge in [-0.2, -0.15) is 13.7 Å². The first kappa shape index (κ1) is 12.6. The maximum Gasteiger partial charge on any atom is 0.279 e. The highest BCUT2D eigenvalue weighted by atomic mass is 79.9. The van der Waals surface area contributed by atoms with Crippen LogP contribution >= 0.6 is 15.9 Å². The molecule has 1 aromatic carbocycles. The third-order valence-corrected chi connectivity index (χ3v) is 4.05. The van der Waals surface area contributed by atoms with Gasteiger partial charge < -0.3 is 4.98 Å². The van der Waals surface area contributed by atoms with E-state index in [0.717, 1.165) is 0 Å². The Morgan fingerprint density at radius 3 is 2.78 bits per heavy atom. The molecule has 2 N–H and O–H groups in total. The van der Waals surface area contributed by atoms with E-state index in [1.807, 2.05) is 6.07 Å². The number of hydrogen-bond donors (Lipinski definition) is 2. The lowest BCUT2D eigenvalue weighted by molar-refractivity contribution is 0.598. The van der Waals surface area contributed by atoms with Gasteiger partial charge in [0.15, 0.2) is 5.03 Å². The molecule has 0 atom stereocenters. The highest BCUT2D eigenvalue weighted by molar-refractivity contribution is 9.10. The maximum absolute atomic E-state index is 11.9. The Morgan fingerprint density at radius 2 is 2.22 bits per heavy atom. The summed E-state index contributed by atoms with van der Waals surface area (Å²) in [6, 6.07) is 6.53. The lowest BCUT2D eigenvalue weighted by atomic mass is 10.2. The summed E-state index contributed by atoms with van der Waals surface area (Å²) in [6.07, 6.45) is 2.49. The molecule has 0 saturated carbocycles. The topological polar surface area (TPSA) is 98.6 Å². The first-order chi connectivity index (χ1) is 8.53. The Hall–Kier alpha value is -1.85. The van der Waals surface area contributed by atoms with Gasteiger partial charge in [-0.25, -0.2) is 4.98 Å². The van der Waals surface area contributed by atoms with Crippen LogP contribution in [0.25, 0.3) is 0 Å². The molecular weight excluding hydrogens is 320 g/mol. The van der Waals surface area contributed by atoms with Crippen molar-refractivity contribution in [2.45, 2.75) is 5.03 Å². The number of aromatic amines is 1. The third kappa shape index (κ3) is 2.52. The Kier molecular flexibility index (Phi) is 3.36. The summed E-state index contributed by atoms with van der Waals surface area (Å²) in [5, 5.41) is 8.68. The predicted octanol–water partition coefficient (Wildman–Crippen LogP) is 1.84. The molecule has 0 bridgehead atoms. The normalized spacial score (nSPS) is 10.9. The van der Waals surface area contributed by atoms with Gasteiger partial charge in [-0.15, -0.1) is 0 Å². The Morgan fingerprint density at radius 1 is 1.44 bits per heavy atom. The molecular formula is C10H7BrN4O2S. The second-order valence-corrected chi connectivity index (χ2v) is 5.83. The molecule has 1 heterocycles. The van der Waals surface area contributed by atoms with Gasteiger partial charge in [-0.1, -0.05) is 0 Å². The molecule has 0 unspecified atom stereocenters. The molecule has 6 nitrogen and oxygen atoms in total. The summed E-state index contributed by atoms with van der Waals surface area (Å²) in [4.78, 5) is 6.16. The van der Waals surface area contributed by atoms with Crippen molar-refractivity contribution >= 4 is 31.6 Å². The fraction of sp³-hybridized carbons (Fsp3) is 0. The number of anilines is 1. The largest absolute Gasteiger partial charge is 0.334 e. The van der Waals surface area contributed by atoms with Crippen LogP contribution in [0.2, 0.25) is 0 Å². The van der Waals surface area contributed by atoms with Crippen molar-refractivity contribution in [3.05, 3.63) is 40.8 Å². The van der Waals surface area contributed by atoms with Crippen molar-refractivity contribution in [3.63, 3.8) is 0 Å². The minimum Gasteiger partial charge on any atom is -0.334 e. The van der Waals surface area contributed by atoms with Gasteiger partial charge in [0.05, 0.1) is 29.8 Å². The molecule has 0 radical (unpaired) electrons. The average Bonchev–Trinajstić information content (AvgIpc) is 2.86. The molecule has 1 aromatic heterocycles. The second-order valence-electron chi connectivity index (χ2n) is 3.33. The molecule has 0 aliphatic carbocycles. The standard InChI is InChI=1S/C10H7BrN4O2S/c11-8-3-7(4-12)1-2-9(8)15-18(16,17)10-5-13-6-14-10/h1-3,5-6,15H,(H,13,14). The van der Waals surface area contributed by atoms with E-state index in [1.54, 1.807) is 0 Å². The number of imidazole rings is 1. The zero-order valence-corrected chi connectivity index (χ0v) is 11.3. The molecule has 2 aromatic rings. The average molecular weight is 327 g/mol. The van der Waals surface area contributed by atoms with Gasteiger partial charge in [0.1, 0.15) is 0 Å². The van der Waals surface area contributed by atoms with Gasteiger partial charge in [-0.05, 0) is 34.1 Å². The first-order valence-corrected chi connectivity index (χ1v) is 7.01. The summed E-state index contributed by atoms with van der Waals surface area (Å²) >= 11 is 3.20. The summed E-state index contributed by atoms with van der Waals surface area (Å²) in [5.41, 5.74) is 0.787. The van der Waals surface area contributed by atoms with E-state index in [2.05, 4.69) is 30.6 Å². The minimum atomic E-state index is -3.69. The number of halogens is 1. The van der Waals surface area contributed by atoms with Crippen molar-refractivity contribution in [1.29, 1.82) is 5.26 Å². The number of aromatic nitrogens is 2. The van der Waals surface area contributed by atoms with Crippen LogP contribution in [0.3, 0.4) is 0 Å². The number of nitrogens with zero attached hydrogens (tertiary/aromatic N) is 2. The summed E-state index contributed by atoms with van der Waals surface area (Å²) < 4.78 is 26.7. The zero-order valence-electron chi connectivity index (χ0n) is 8.88. The fourth-order valence-corrected chi connectivity index (χ4v) is 2.85. The van der Waals surface area contributed by atoms with E-state index in [9.17, 15) is 8.42 Å². The molecule has 18 heavy (non-hydrogen) atoms. The number of nitrogens with one attached hydrogen (secondary N) is 2. The van der Waals surface area contributed by atoms with Crippen LogP contribution in [-0.2, 0) is 10.0 Å². The molecule has 0 aliphatic rings. The van der Waals surface area contributed by atoms with Gasteiger partial charge in [0.25, 0.3) is 10.0 Å². The van der Waals surface area contributed by atoms with Gasteiger partial charge >= 0.3 is 0 Å². The highest BCUT2D eigenvalue weighted by Gasteiger charge is 2.16. The van der Waals surface area contributed by atoms with Gasteiger partial charge in [0.2, 0.25) is 0 Å². The smallest absolute Gasteiger partial charge is 0.279 e. The first-order valence-electron chi connectivity index (χ1n) is 4.74. The second kappa shape index (κ2) is 4.80. The number of hydrogen-bond acceptors (Lipinski definition) is 4. The van der Waals surface area contributed by atoms with Crippen LogP contribution in [-0.4, -0.2) is 18.4 Å². The molecule has 0 aliphatic heterocycles. The molecule has 0 spiro atoms. The highest BCUT2D eigenvalue weighted by Crippen LogP contribution is 2.25. The summed E-state index contributed by atoms with van der Waals surface area (Å²) in [7, 11) is -3.69. The lowest BCUT2D eigenvalue weighted by Gasteiger charge is -2.08. The van der Waals surface area contributed by atoms with E-state index >= 15 is 0 Å². The van der Waals surface area contributed by atoms with Gasteiger partial charge in [-0.3, -0.25) is 4.72 Å². The van der Waals surface area contributed by atoms with E-state index in [-0.39, 0.29) is 5.03 Å². The van der Waals surface area contributed by atoms with Crippen molar-refractivity contribution < 1.29 is 8.42 Å². The lowest BCUT2D eigenvalue weighted by Crippen LogP contribution is -2.13.